The van der Waals surface area contributed by atoms with Gasteiger partial charge in [-0.2, -0.15) is 0 Å². The van der Waals surface area contributed by atoms with Crippen molar-refractivity contribution in [3.05, 3.63) is 42.1 Å². The van der Waals surface area contributed by atoms with Gasteiger partial charge in [0.05, 0.1) is 5.52 Å². The molecule has 2 nitrogen and oxygen atoms in total. The van der Waals surface area contributed by atoms with Crippen LogP contribution in [0.1, 0.15) is 55.8 Å². The van der Waals surface area contributed by atoms with Gasteiger partial charge in [-0.15, -0.1) is 0 Å². The van der Waals surface area contributed by atoms with Crippen LogP contribution in [0.2, 0.25) is 0 Å². The number of carbonyl (C=O) groups excluding carboxylic acids is 1. The number of aromatic nitrogens is 1. The van der Waals surface area contributed by atoms with Crippen LogP contribution < -0.4 is 0 Å². The van der Waals surface area contributed by atoms with Crippen LogP contribution in [0.25, 0.3) is 10.9 Å². The number of unbranched alkanes of at least 4 members (excludes halogenated alkanes) is 4. The van der Waals surface area contributed by atoms with Crippen molar-refractivity contribution >= 4 is 16.7 Å². The van der Waals surface area contributed by atoms with Crippen molar-refractivity contribution in [1.29, 1.82) is 0 Å². The number of hydrogen-bond donors (Lipinski definition) is 0. The van der Waals surface area contributed by atoms with Gasteiger partial charge in [-0.25, -0.2) is 0 Å². The van der Waals surface area contributed by atoms with Gasteiger partial charge in [-0.3, -0.25) is 9.78 Å². The summed E-state index contributed by atoms with van der Waals surface area (Å²) in [4.78, 5) is 16.4. The molecule has 1 aromatic carbocycles. The molecule has 0 atom stereocenters. The van der Waals surface area contributed by atoms with Crippen molar-refractivity contribution in [1.82, 2.24) is 4.98 Å². The summed E-state index contributed by atoms with van der Waals surface area (Å²) < 4.78 is 0. The van der Waals surface area contributed by atoms with Crippen molar-refractivity contribution in [2.45, 2.75) is 45.4 Å². The maximum absolute atomic E-state index is 12.1. The number of fused-ring (bicyclic) bond motifs is 1. The minimum atomic E-state index is 0.217. The van der Waals surface area contributed by atoms with Crippen LogP contribution in [-0.4, -0.2) is 10.8 Å². The zero-order valence-corrected chi connectivity index (χ0v) is 11.6. The summed E-state index contributed by atoms with van der Waals surface area (Å²) in [5.74, 6) is 0.217. The van der Waals surface area contributed by atoms with Crippen LogP contribution in [0.5, 0.6) is 0 Å². The molecule has 1 aromatic heterocycles. The number of hydrogen-bond acceptors (Lipinski definition) is 2. The summed E-state index contributed by atoms with van der Waals surface area (Å²) in [6.07, 6.45) is 8.24. The van der Waals surface area contributed by atoms with Gasteiger partial charge in [-0.1, -0.05) is 50.8 Å². The molecule has 0 N–H and O–H groups in total. The summed E-state index contributed by atoms with van der Waals surface area (Å²) in [6, 6.07) is 9.86. The first-order chi connectivity index (χ1) is 9.31. The molecule has 1 heterocycles. The molecule has 0 unspecified atom stereocenters. The van der Waals surface area contributed by atoms with E-state index < -0.39 is 0 Å². The summed E-state index contributed by atoms with van der Waals surface area (Å²) in [5.41, 5.74) is 1.69. The first kappa shape index (κ1) is 13.7. The molecule has 0 fully saturated rings. The lowest BCUT2D eigenvalue weighted by Crippen LogP contribution is -1.99. The van der Waals surface area contributed by atoms with E-state index in [1.165, 1.54) is 19.3 Å². The molecule has 0 saturated carbocycles. The summed E-state index contributed by atoms with van der Waals surface area (Å²) >= 11 is 0. The Bertz CT molecular complexity index is 548. The zero-order valence-electron chi connectivity index (χ0n) is 11.6. The SMILES string of the molecule is CCCCCCCC(=O)c1cnc2ccccc2c1. The van der Waals surface area contributed by atoms with Crippen molar-refractivity contribution in [2.24, 2.45) is 0 Å². The minimum Gasteiger partial charge on any atom is -0.294 e. The van der Waals surface area contributed by atoms with Crippen molar-refractivity contribution in [3.63, 3.8) is 0 Å². The lowest BCUT2D eigenvalue weighted by molar-refractivity contribution is 0.0979. The molecule has 0 aliphatic carbocycles. The van der Waals surface area contributed by atoms with Crippen LogP contribution in [0.4, 0.5) is 0 Å². The van der Waals surface area contributed by atoms with Crippen molar-refractivity contribution < 1.29 is 4.79 Å². The lowest BCUT2D eigenvalue weighted by Gasteiger charge is -2.03. The van der Waals surface area contributed by atoms with Gasteiger partial charge >= 0.3 is 0 Å². The van der Waals surface area contributed by atoms with Crippen LogP contribution in [0.3, 0.4) is 0 Å². The fourth-order valence-corrected chi connectivity index (χ4v) is 2.26. The van der Waals surface area contributed by atoms with E-state index in [4.69, 9.17) is 0 Å². The predicted molar refractivity (Wildman–Crippen MR) is 79.4 cm³/mol. The summed E-state index contributed by atoms with van der Waals surface area (Å²) in [6.45, 7) is 2.20. The minimum absolute atomic E-state index is 0.217. The predicted octanol–water partition coefficient (Wildman–Crippen LogP) is 4.78. The molecule has 0 bridgehead atoms. The maximum Gasteiger partial charge on any atom is 0.164 e. The molecular weight excluding hydrogens is 234 g/mol. The molecule has 2 heteroatoms. The molecule has 2 rings (SSSR count). The van der Waals surface area contributed by atoms with E-state index in [1.807, 2.05) is 30.3 Å². The summed E-state index contributed by atoms with van der Waals surface area (Å²) in [5, 5.41) is 1.04. The average Bonchev–Trinajstić information content (AvgIpc) is 2.46. The highest BCUT2D eigenvalue weighted by molar-refractivity contribution is 5.98. The van der Waals surface area contributed by atoms with Crippen LogP contribution in [0, 0.1) is 0 Å². The third kappa shape index (κ3) is 3.88. The molecule has 0 amide bonds. The molecule has 100 valence electrons. The Morgan fingerprint density at radius 3 is 2.74 bits per heavy atom. The van der Waals surface area contributed by atoms with Crippen molar-refractivity contribution in [3.8, 4) is 0 Å². The van der Waals surface area contributed by atoms with E-state index in [2.05, 4.69) is 11.9 Å². The van der Waals surface area contributed by atoms with Gasteiger partial charge in [0.25, 0.3) is 0 Å². The van der Waals surface area contributed by atoms with Gasteiger partial charge in [-0.05, 0) is 18.6 Å². The number of benzene rings is 1. The number of Topliss-reactive ketones (excluding diaryl/α,β-unsaturated/α-hetero) is 1. The third-order valence-corrected chi connectivity index (χ3v) is 3.42. The second-order valence-electron chi connectivity index (χ2n) is 5.00. The summed E-state index contributed by atoms with van der Waals surface area (Å²) in [7, 11) is 0. The fraction of sp³-hybridized carbons (Fsp3) is 0.412. The normalized spacial score (nSPS) is 10.8. The van der Waals surface area contributed by atoms with Crippen LogP contribution >= 0.6 is 0 Å². The number of carbonyl (C=O) groups is 1. The Hall–Kier alpha value is -1.70. The van der Waals surface area contributed by atoms with E-state index >= 15 is 0 Å². The Kier molecular flexibility index (Phi) is 5.08. The largest absolute Gasteiger partial charge is 0.294 e. The van der Waals surface area contributed by atoms with E-state index in [1.54, 1.807) is 6.20 Å². The van der Waals surface area contributed by atoms with Gasteiger partial charge in [0.1, 0.15) is 0 Å². The fourth-order valence-electron chi connectivity index (χ4n) is 2.26. The van der Waals surface area contributed by atoms with Crippen LogP contribution in [-0.2, 0) is 0 Å². The molecule has 0 aliphatic rings. The van der Waals surface area contributed by atoms with Gasteiger partial charge in [0.2, 0.25) is 0 Å². The Morgan fingerprint density at radius 1 is 1.11 bits per heavy atom. The van der Waals surface area contributed by atoms with Gasteiger partial charge in [0, 0.05) is 23.6 Å². The third-order valence-electron chi connectivity index (χ3n) is 3.42. The number of para-hydroxylation sites is 1. The van der Waals surface area contributed by atoms with E-state index in [0.717, 1.165) is 29.3 Å². The molecular formula is C17H21NO. The second kappa shape index (κ2) is 7.03. The number of nitrogens with zero attached hydrogens (tertiary/aromatic N) is 1. The van der Waals surface area contributed by atoms with E-state index in [-0.39, 0.29) is 5.78 Å². The number of pyridine rings is 1. The Morgan fingerprint density at radius 2 is 1.89 bits per heavy atom. The maximum atomic E-state index is 12.1. The first-order valence-electron chi connectivity index (χ1n) is 7.19. The van der Waals surface area contributed by atoms with Gasteiger partial charge in [0.15, 0.2) is 5.78 Å². The smallest absolute Gasteiger partial charge is 0.164 e. The highest BCUT2D eigenvalue weighted by atomic mass is 16.1. The van der Waals surface area contributed by atoms with E-state index in [9.17, 15) is 4.79 Å². The standard InChI is InChI=1S/C17H21NO/c1-2-3-4-5-6-11-17(19)15-12-14-9-7-8-10-16(14)18-13-15/h7-10,12-13H,2-6,11H2,1H3. The Balaban J connectivity index is 1.93. The molecule has 0 spiro atoms. The molecule has 19 heavy (non-hydrogen) atoms. The van der Waals surface area contributed by atoms with E-state index in [0.29, 0.717) is 6.42 Å². The lowest BCUT2D eigenvalue weighted by atomic mass is 10.0. The first-order valence-corrected chi connectivity index (χ1v) is 7.19. The molecule has 0 aliphatic heterocycles. The Labute approximate surface area is 114 Å². The number of rotatable bonds is 7. The molecule has 0 saturated heterocycles. The topological polar surface area (TPSA) is 30.0 Å². The average molecular weight is 255 g/mol. The zero-order chi connectivity index (χ0) is 13.5. The highest BCUT2D eigenvalue weighted by Crippen LogP contribution is 2.15. The highest BCUT2D eigenvalue weighted by Gasteiger charge is 2.06. The van der Waals surface area contributed by atoms with Crippen molar-refractivity contribution in [2.75, 3.05) is 0 Å². The second-order valence-corrected chi connectivity index (χ2v) is 5.00. The monoisotopic (exact) mass is 255 g/mol. The van der Waals surface area contributed by atoms with Gasteiger partial charge < -0.3 is 0 Å². The number of ketones is 1. The van der Waals surface area contributed by atoms with Crippen LogP contribution in [0.15, 0.2) is 36.5 Å². The molecule has 0 radical (unpaired) electrons. The quantitative estimate of drug-likeness (QED) is 0.526. The molecule has 2 aromatic rings.